The molecule has 248 valence electrons. The lowest BCUT2D eigenvalue weighted by Gasteiger charge is -2.35. The van der Waals surface area contributed by atoms with E-state index in [0.717, 1.165) is 34.6 Å². The normalized spacial score (nSPS) is 15.4. The monoisotopic (exact) mass is 674 g/mol. The number of para-hydroxylation sites is 1. The molecular formula is C30H28F6N2O7S. The molecule has 0 fully saturated rings. The van der Waals surface area contributed by atoms with Gasteiger partial charge in [-0.15, -0.1) is 0 Å². The van der Waals surface area contributed by atoms with Gasteiger partial charge in [0.15, 0.2) is 5.75 Å². The molecular weight excluding hydrogens is 646 g/mol. The number of esters is 1. The second-order valence-electron chi connectivity index (χ2n) is 11.2. The second-order valence-corrected chi connectivity index (χ2v) is 13.1. The Labute approximate surface area is 260 Å². The van der Waals surface area contributed by atoms with Crippen LogP contribution in [-0.4, -0.2) is 38.5 Å². The first-order chi connectivity index (χ1) is 21.2. The third-order valence-corrected chi connectivity index (χ3v) is 8.13. The van der Waals surface area contributed by atoms with Gasteiger partial charge in [-0.05, 0) is 68.8 Å². The minimum atomic E-state index is -4.85. The molecule has 0 saturated heterocycles. The van der Waals surface area contributed by atoms with Crippen molar-refractivity contribution in [1.82, 2.24) is 5.48 Å². The van der Waals surface area contributed by atoms with E-state index in [9.17, 15) is 44.3 Å². The first-order valence-corrected chi connectivity index (χ1v) is 15.0. The molecule has 0 radical (unpaired) electrons. The molecule has 9 nitrogen and oxygen atoms in total. The number of rotatable bonds is 8. The number of sulfonamides is 1. The van der Waals surface area contributed by atoms with Gasteiger partial charge in [-0.3, -0.25) is 13.9 Å². The number of hydrogen-bond donors (Lipinski definition) is 1. The van der Waals surface area contributed by atoms with Crippen LogP contribution in [0.4, 0.5) is 32.0 Å². The zero-order chi connectivity index (χ0) is 34.1. The highest BCUT2D eigenvalue weighted by atomic mass is 32.2. The Kier molecular flexibility index (Phi) is 9.52. The van der Waals surface area contributed by atoms with Crippen LogP contribution in [0, 0.1) is 0 Å². The van der Waals surface area contributed by atoms with Gasteiger partial charge < -0.3 is 14.3 Å². The maximum Gasteiger partial charge on any atom is 0.420 e. The van der Waals surface area contributed by atoms with Crippen LogP contribution >= 0.6 is 0 Å². The number of nitrogens with zero attached hydrogens (tertiary/aromatic N) is 1. The molecule has 3 aromatic carbocycles. The second kappa shape index (κ2) is 12.7. The van der Waals surface area contributed by atoms with Gasteiger partial charge in [0, 0.05) is 0 Å². The van der Waals surface area contributed by atoms with Gasteiger partial charge in [0.2, 0.25) is 0 Å². The van der Waals surface area contributed by atoms with Crippen molar-refractivity contribution in [3.8, 4) is 11.5 Å². The predicted molar refractivity (Wildman–Crippen MR) is 151 cm³/mol. The number of anilines is 1. The molecule has 0 spiro atoms. The van der Waals surface area contributed by atoms with Crippen LogP contribution in [0.25, 0.3) is 0 Å². The summed E-state index contributed by atoms with van der Waals surface area (Å²) >= 11 is 0. The quantitative estimate of drug-likeness (QED) is 0.176. The zero-order valence-electron chi connectivity index (χ0n) is 24.5. The van der Waals surface area contributed by atoms with E-state index in [0.29, 0.717) is 17.7 Å². The van der Waals surface area contributed by atoms with E-state index in [2.05, 4.69) is 0 Å². The van der Waals surface area contributed by atoms with E-state index < -0.39 is 80.7 Å². The molecule has 1 atom stereocenters. The number of benzene rings is 3. The molecule has 0 aromatic heterocycles. The number of ether oxygens (including phenoxy) is 2. The van der Waals surface area contributed by atoms with Gasteiger partial charge in [0.25, 0.3) is 15.9 Å². The van der Waals surface area contributed by atoms with E-state index >= 15 is 0 Å². The lowest BCUT2D eigenvalue weighted by Crippen LogP contribution is -2.45. The van der Waals surface area contributed by atoms with Gasteiger partial charge >= 0.3 is 18.3 Å². The topological polar surface area (TPSA) is 111 Å². The van der Waals surface area contributed by atoms with Gasteiger partial charge in [-0.25, -0.2) is 8.42 Å². The Balaban J connectivity index is 1.63. The maximum atomic E-state index is 13.8. The van der Waals surface area contributed by atoms with Crippen molar-refractivity contribution < 1.29 is 58.7 Å². The first kappa shape index (κ1) is 34.4. The third-order valence-electron chi connectivity index (χ3n) is 6.35. The molecule has 0 bridgehead atoms. The number of hydroxylamine groups is 1. The Morgan fingerprint density at radius 3 is 2.28 bits per heavy atom. The molecule has 0 unspecified atom stereocenters. The van der Waals surface area contributed by atoms with Gasteiger partial charge in [0.05, 0.1) is 35.5 Å². The molecule has 1 amide bonds. The van der Waals surface area contributed by atoms with Crippen LogP contribution in [0.5, 0.6) is 11.5 Å². The molecule has 0 saturated carbocycles. The molecule has 1 aliphatic heterocycles. The summed E-state index contributed by atoms with van der Waals surface area (Å²) in [6.07, 6.45) is -11.8. The fourth-order valence-corrected chi connectivity index (χ4v) is 6.00. The van der Waals surface area contributed by atoms with Crippen LogP contribution in [0.1, 0.15) is 43.9 Å². The summed E-state index contributed by atoms with van der Waals surface area (Å²) in [7, 11) is -4.73. The fraction of sp³-hybridized carbons (Fsp3) is 0.333. The summed E-state index contributed by atoms with van der Waals surface area (Å²) in [6, 6.07) is 11.2. The van der Waals surface area contributed by atoms with Gasteiger partial charge in [0.1, 0.15) is 23.0 Å². The Bertz CT molecular complexity index is 1720. The predicted octanol–water partition coefficient (Wildman–Crippen LogP) is 6.07. The number of halogens is 6. The zero-order valence-corrected chi connectivity index (χ0v) is 25.3. The van der Waals surface area contributed by atoms with Crippen LogP contribution in [0.15, 0.2) is 71.6 Å². The average Bonchev–Trinajstić information content (AvgIpc) is 2.94. The number of carbonyl (C=O) groups is 2. The van der Waals surface area contributed by atoms with E-state index in [-0.39, 0.29) is 17.9 Å². The van der Waals surface area contributed by atoms with Crippen LogP contribution in [0.2, 0.25) is 0 Å². The Morgan fingerprint density at radius 2 is 1.63 bits per heavy atom. The number of amides is 1. The van der Waals surface area contributed by atoms with Crippen molar-refractivity contribution in [3.63, 3.8) is 0 Å². The minimum Gasteiger partial charge on any atom is -0.486 e. The van der Waals surface area contributed by atoms with Crippen molar-refractivity contribution in [1.29, 1.82) is 0 Å². The SMILES string of the molecule is CC(C)(C)OC(=O)Cc1ccc2c(c1)N(S(=O)(=O)c1cccc(C(F)(F)F)c1)C[C@H](CC(=O)NOc1ccccc1C(F)(F)F)O2. The van der Waals surface area contributed by atoms with Gasteiger partial charge in [-0.2, -0.15) is 31.8 Å². The molecule has 0 aliphatic carbocycles. The molecule has 1 aliphatic rings. The Morgan fingerprint density at radius 1 is 0.935 bits per heavy atom. The smallest absolute Gasteiger partial charge is 0.420 e. The fourth-order valence-electron chi connectivity index (χ4n) is 4.46. The molecule has 4 rings (SSSR count). The molecule has 46 heavy (non-hydrogen) atoms. The minimum absolute atomic E-state index is 0.0872. The van der Waals surface area contributed by atoms with Crippen LogP contribution in [-0.2, 0) is 43.1 Å². The van der Waals surface area contributed by atoms with Crippen molar-refractivity contribution in [3.05, 3.63) is 83.4 Å². The highest BCUT2D eigenvalue weighted by molar-refractivity contribution is 7.92. The Hall–Kier alpha value is -4.47. The summed E-state index contributed by atoms with van der Waals surface area (Å²) in [5, 5.41) is 0. The van der Waals surface area contributed by atoms with Crippen molar-refractivity contribution in [2.75, 3.05) is 10.8 Å². The lowest BCUT2D eigenvalue weighted by molar-refractivity contribution is -0.154. The van der Waals surface area contributed by atoms with Gasteiger partial charge in [-0.1, -0.05) is 24.3 Å². The largest absolute Gasteiger partial charge is 0.486 e. The van der Waals surface area contributed by atoms with E-state index in [1.807, 2.05) is 5.48 Å². The molecule has 1 N–H and O–H groups in total. The summed E-state index contributed by atoms with van der Waals surface area (Å²) < 4.78 is 120. The third kappa shape index (κ3) is 8.41. The highest BCUT2D eigenvalue weighted by Crippen LogP contribution is 2.40. The van der Waals surface area contributed by atoms with Crippen LogP contribution in [0.3, 0.4) is 0 Å². The summed E-state index contributed by atoms with van der Waals surface area (Å²) in [5.41, 5.74) is -1.12. The average molecular weight is 675 g/mol. The van der Waals surface area contributed by atoms with E-state index in [1.54, 1.807) is 20.8 Å². The summed E-state index contributed by atoms with van der Waals surface area (Å²) in [6.45, 7) is 4.39. The molecule has 1 heterocycles. The molecule has 16 heteroatoms. The number of hydrogen-bond acceptors (Lipinski definition) is 7. The standard InChI is InChI=1S/C30H28F6N2O7S/c1-28(2,3)44-27(40)14-18-11-12-25-23(13-18)38(46(41,42)21-8-6-7-19(15-21)29(31,32)33)17-20(43-25)16-26(39)37-45-24-10-5-4-9-22(24)30(34,35)36/h4-13,15,20H,14,16-17H2,1-3H3,(H,37,39)/t20-/m0/s1. The van der Waals surface area contributed by atoms with E-state index in [1.165, 1.54) is 24.3 Å². The number of fused-ring (bicyclic) bond motifs is 1. The summed E-state index contributed by atoms with van der Waals surface area (Å²) in [5.74, 6) is -2.39. The lowest BCUT2D eigenvalue weighted by atomic mass is 10.1. The maximum absolute atomic E-state index is 13.8. The van der Waals surface area contributed by atoms with Crippen LogP contribution < -0.4 is 19.4 Å². The van der Waals surface area contributed by atoms with E-state index in [4.69, 9.17) is 14.3 Å². The molecule has 3 aromatic rings. The summed E-state index contributed by atoms with van der Waals surface area (Å²) in [4.78, 5) is 29.3. The number of carbonyl (C=O) groups excluding carboxylic acids is 2. The highest BCUT2D eigenvalue weighted by Gasteiger charge is 2.38. The van der Waals surface area contributed by atoms with Crippen molar-refractivity contribution >= 4 is 27.6 Å². The van der Waals surface area contributed by atoms with Crippen molar-refractivity contribution in [2.24, 2.45) is 0 Å². The number of alkyl halides is 6. The first-order valence-electron chi connectivity index (χ1n) is 13.6. The van der Waals surface area contributed by atoms with Crippen molar-refractivity contribution in [2.45, 2.75) is 62.6 Å². The number of nitrogens with one attached hydrogen (secondary N) is 1.